The average Bonchev–Trinajstić information content (AvgIpc) is 2.58. The lowest BCUT2D eigenvalue weighted by atomic mass is 10.3. The number of hydrogen-bond acceptors (Lipinski definition) is 3. The fraction of sp³-hybridized carbons (Fsp3) is 0.667. The summed E-state index contributed by atoms with van der Waals surface area (Å²) in [6, 6.07) is 1.96. The molecule has 0 atom stereocenters. The Labute approximate surface area is 78.6 Å². The minimum Gasteiger partial charge on any atom is -0.395 e. The predicted octanol–water partition coefficient (Wildman–Crippen LogP) is 0.614. The Morgan fingerprint density at radius 2 is 2.38 bits per heavy atom. The molecule has 1 heterocycles. The van der Waals surface area contributed by atoms with Crippen molar-refractivity contribution in [1.29, 1.82) is 0 Å². The van der Waals surface area contributed by atoms with Gasteiger partial charge in [0.2, 0.25) is 0 Å². The lowest BCUT2D eigenvalue weighted by Gasteiger charge is -2.19. The molecule has 0 bridgehead atoms. The van der Waals surface area contributed by atoms with Crippen molar-refractivity contribution < 1.29 is 5.11 Å². The zero-order chi connectivity index (χ0) is 9.52. The van der Waals surface area contributed by atoms with E-state index in [-0.39, 0.29) is 6.61 Å². The number of aliphatic hydroxyl groups excluding tert-OH is 1. The fourth-order valence-electron chi connectivity index (χ4n) is 1.34. The number of hydrogen-bond donors (Lipinski definition) is 2. The number of H-pyrrole nitrogens is 1. The van der Waals surface area contributed by atoms with Crippen LogP contribution < -0.4 is 0 Å². The highest BCUT2D eigenvalue weighted by Crippen LogP contribution is 2.00. The Hall–Kier alpha value is -0.870. The van der Waals surface area contributed by atoms with Crippen LogP contribution in [-0.2, 0) is 6.54 Å². The predicted molar refractivity (Wildman–Crippen MR) is 51.2 cm³/mol. The highest BCUT2D eigenvalue weighted by atomic mass is 16.3. The van der Waals surface area contributed by atoms with Gasteiger partial charge in [-0.05, 0) is 19.0 Å². The van der Waals surface area contributed by atoms with E-state index in [2.05, 4.69) is 22.0 Å². The molecule has 0 radical (unpaired) electrons. The molecule has 0 aromatic carbocycles. The summed E-state index contributed by atoms with van der Waals surface area (Å²) >= 11 is 0. The molecular weight excluding hydrogens is 166 g/mol. The summed E-state index contributed by atoms with van der Waals surface area (Å²) in [4.78, 5) is 2.20. The Bertz CT molecular complexity index is 205. The summed E-state index contributed by atoms with van der Waals surface area (Å²) in [5.74, 6) is 0. The molecule has 0 amide bonds. The van der Waals surface area contributed by atoms with Crippen molar-refractivity contribution in [2.75, 3.05) is 19.7 Å². The zero-order valence-electron chi connectivity index (χ0n) is 8.03. The molecule has 0 aliphatic rings. The van der Waals surface area contributed by atoms with Crippen molar-refractivity contribution in [3.63, 3.8) is 0 Å². The lowest BCUT2D eigenvalue weighted by molar-refractivity contribution is 0.189. The quantitative estimate of drug-likeness (QED) is 0.679. The van der Waals surface area contributed by atoms with E-state index < -0.39 is 0 Å². The van der Waals surface area contributed by atoms with Crippen LogP contribution >= 0.6 is 0 Å². The third-order valence-corrected chi connectivity index (χ3v) is 1.91. The summed E-state index contributed by atoms with van der Waals surface area (Å²) in [6.45, 7) is 4.94. The van der Waals surface area contributed by atoms with E-state index in [1.165, 1.54) is 0 Å². The summed E-state index contributed by atoms with van der Waals surface area (Å²) in [6.07, 6.45) is 2.85. The molecule has 4 heteroatoms. The van der Waals surface area contributed by atoms with Gasteiger partial charge in [-0.25, -0.2) is 0 Å². The lowest BCUT2D eigenvalue weighted by Crippen LogP contribution is -2.27. The third kappa shape index (κ3) is 3.57. The van der Waals surface area contributed by atoms with E-state index >= 15 is 0 Å². The van der Waals surface area contributed by atoms with Crippen LogP contribution in [0, 0.1) is 0 Å². The van der Waals surface area contributed by atoms with Crippen LogP contribution in [0.25, 0.3) is 0 Å². The number of aromatic nitrogens is 2. The Morgan fingerprint density at radius 1 is 1.54 bits per heavy atom. The highest BCUT2D eigenvalue weighted by Gasteiger charge is 2.04. The number of rotatable bonds is 6. The topological polar surface area (TPSA) is 52.1 Å². The molecule has 1 aromatic heterocycles. The van der Waals surface area contributed by atoms with E-state index in [4.69, 9.17) is 5.11 Å². The van der Waals surface area contributed by atoms with Crippen molar-refractivity contribution in [1.82, 2.24) is 15.1 Å². The molecule has 0 saturated carbocycles. The molecular formula is C9H17N3O. The summed E-state index contributed by atoms with van der Waals surface area (Å²) < 4.78 is 0. The number of nitrogens with one attached hydrogen (secondary N) is 1. The zero-order valence-corrected chi connectivity index (χ0v) is 8.03. The SMILES string of the molecule is CCCN(CCO)Cc1ccn[nH]1. The van der Waals surface area contributed by atoms with Gasteiger partial charge in [-0.2, -0.15) is 5.10 Å². The minimum atomic E-state index is 0.216. The van der Waals surface area contributed by atoms with Gasteiger partial charge in [0, 0.05) is 25.0 Å². The third-order valence-electron chi connectivity index (χ3n) is 1.91. The van der Waals surface area contributed by atoms with E-state index in [1.807, 2.05) is 6.07 Å². The molecule has 0 aliphatic heterocycles. The van der Waals surface area contributed by atoms with Gasteiger partial charge in [0.15, 0.2) is 0 Å². The van der Waals surface area contributed by atoms with Crippen LogP contribution in [0.4, 0.5) is 0 Å². The second kappa shape index (κ2) is 5.72. The first-order valence-corrected chi connectivity index (χ1v) is 4.68. The number of aromatic amines is 1. The van der Waals surface area contributed by atoms with E-state index in [9.17, 15) is 0 Å². The van der Waals surface area contributed by atoms with Crippen LogP contribution in [0.2, 0.25) is 0 Å². The summed E-state index contributed by atoms with van der Waals surface area (Å²) in [5, 5.41) is 15.6. The first-order valence-electron chi connectivity index (χ1n) is 4.68. The Morgan fingerprint density at radius 3 is 2.92 bits per heavy atom. The molecule has 0 aliphatic carbocycles. The van der Waals surface area contributed by atoms with Crippen molar-refractivity contribution in [2.24, 2.45) is 0 Å². The minimum absolute atomic E-state index is 0.216. The van der Waals surface area contributed by atoms with Crippen molar-refractivity contribution in [2.45, 2.75) is 19.9 Å². The van der Waals surface area contributed by atoms with Gasteiger partial charge >= 0.3 is 0 Å². The molecule has 0 spiro atoms. The maximum Gasteiger partial charge on any atom is 0.0558 e. The van der Waals surface area contributed by atoms with Crippen LogP contribution in [-0.4, -0.2) is 39.9 Å². The standard InChI is InChI=1S/C9H17N3O/c1-2-5-12(6-7-13)8-9-3-4-10-11-9/h3-4,13H,2,5-8H2,1H3,(H,10,11). The molecule has 1 rings (SSSR count). The van der Waals surface area contributed by atoms with Crippen molar-refractivity contribution in [3.8, 4) is 0 Å². The molecule has 13 heavy (non-hydrogen) atoms. The van der Waals surface area contributed by atoms with Gasteiger partial charge in [0.25, 0.3) is 0 Å². The molecule has 2 N–H and O–H groups in total. The molecule has 0 fully saturated rings. The van der Waals surface area contributed by atoms with Crippen molar-refractivity contribution >= 4 is 0 Å². The van der Waals surface area contributed by atoms with E-state index in [1.54, 1.807) is 6.20 Å². The number of nitrogens with zero attached hydrogens (tertiary/aromatic N) is 2. The van der Waals surface area contributed by atoms with Crippen molar-refractivity contribution in [3.05, 3.63) is 18.0 Å². The van der Waals surface area contributed by atoms with Crippen LogP contribution in [0.15, 0.2) is 12.3 Å². The first-order chi connectivity index (χ1) is 6.36. The van der Waals surface area contributed by atoms with Crippen LogP contribution in [0.3, 0.4) is 0 Å². The molecule has 0 saturated heterocycles. The molecule has 4 nitrogen and oxygen atoms in total. The Kier molecular flexibility index (Phi) is 4.49. The first kappa shape index (κ1) is 10.2. The van der Waals surface area contributed by atoms with E-state index in [0.29, 0.717) is 0 Å². The van der Waals surface area contributed by atoms with Gasteiger partial charge in [-0.1, -0.05) is 6.92 Å². The van der Waals surface area contributed by atoms with Gasteiger partial charge < -0.3 is 5.11 Å². The fourth-order valence-corrected chi connectivity index (χ4v) is 1.34. The van der Waals surface area contributed by atoms with Gasteiger partial charge in [0.05, 0.1) is 6.61 Å². The highest BCUT2D eigenvalue weighted by molar-refractivity contribution is 4.96. The smallest absolute Gasteiger partial charge is 0.0558 e. The number of aliphatic hydroxyl groups is 1. The Balaban J connectivity index is 2.37. The second-order valence-electron chi connectivity index (χ2n) is 3.08. The molecule has 0 unspecified atom stereocenters. The largest absolute Gasteiger partial charge is 0.395 e. The van der Waals surface area contributed by atoms with Crippen LogP contribution in [0.1, 0.15) is 19.0 Å². The normalized spacial score (nSPS) is 11.0. The van der Waals surface area contributed by atoms with Gasteiger partial charge in [-0.3, -0.25) is 10.00 Å². The summed E-state index contributed by atoms with van der Waals surface area (Å²) in [7, 11) is 0. The monoisotopic (exact) mass is 183 g/mol. The van der Waals surface area contributed by atoms with E-state index in [0.717, 1.165) is 31.7 Å². The van der Waals surface area contributed by atoms with Crippen LogP contribution in [0.5, 0.6) is 0 Å². The molecule has 1 aromatic rings. The average molecular weight is 183 g/mol. The second-order valence-corrected chi connectivity index (χ2v) is 3.08. The van der Waals surface area contributed by atoms with Gasteiger partial charge in [-0.15, -0.1) is 0 Å². The van der Waals surface area contributed by atoms with Gasteiger partial charge in [0.1, 0.15) is 0 Å². The maximum atomic E-state index is 8.82. The maximum absolute atomic E-state index is 8.82. The summed E-state index contributed by atoms with van der Waals surface area (Å²) in [5.41, 5.74) is 1.10. The molecule has 74 valence electrons.